The van der Waals surface area contributed by atoms with Crippen LogP contribution in [-0.4, -0.2) is 19.6 Å². The monoisotopic (exact) mass is 298 g/mol. The Morgan fingerprint density at radius 1 is 1.14 bits per heavy atom. The molecule has 2 aromatic rings. The summed E-state index contributed by atoms with van der Waals surface area (Å²) in [5.74, 6) is 0.569. The van der Waals surface area contributed by atoms with Crippen LogP contribution in [0.4, 0.5) is 5.69 Å². The lowest BCUT2D eigenvalue weighted by molar-refractivity contribution is 0.614. The fraction of sp³-hybridized carbons (Fsp3) is 0.333. The van der Waals surface area contributed by atoms with E-state index in [0.717, 1.165) is 37.6 Å². The van der Waals surface area contributed by atoms with Crippen molar-refractivity contribution in [2.75, 3.05) is 24.5 Å². The molecule has 2 aromatic carbocycles. The smallest absolute Gasteiger partial charge is 0.0642 e. The molecule has 2 aliphatic rings. The zero-order valence-electron chi connectivity index (χ0n) is 12.0. The molecule has 21 heavy (non-hydrogen) atoms. The lowest BCUT2D eigenvalue weighted by atomic mass is 9.95. The highest BCUT2D eigenvalue weighted by Gasteiger charge is 2.33. The van der Waals surface area contributed by atoms with Crippen molar-refractivity contribution < 1.29 is 0 Å². The molecular weight excluding hydrogens is 280 g/mol. The number of benzene rings is 2. The lowest BCUT2D eigenvalue weighted by Gasteiger charge is -2.22. The zero-order chi connectivity index (χ0) is 14.2. The van der Waals surface area contributed by atoms with Crippen LogP contribution >= 0.6 is 11.6 Å². The number of nitrogens with one attached hydrogen (secondary N) is 1. The molecule has 0 amide bonds. The van der Waals surface area contributed by atoms with Crippen molar-refractivity contribution in [1.82, 2.24) is 5.32 Å². The van der Waals surface area contributed by atoms with E-state index in [-0.39, 0.29) is 0 Å². The average Bonchev–Trinajstić information content (AvgIpc) is 2.74. The molecule has 0 aliphatic carbocycles. The molecule has 1 atom stereocenters. The van der Waals surface area contributed by atoms with Crippen LogP contribution in [0.25, 0.3) is 0 Å². The number of hydrogen-bond acceptors (Lipinski definition) is 2. The quantitative estimate of drug-likeness (QED) is 0.911. The summed E-state index contributed by atoms with van der Waals surface area (Å²) in [4.78, 5) is 2.45. The third-order valence-electron chi connectivity index (χ3n) is 4.60. The van der Waals surface area contributed by atoms with Crippen LogP contribution in [0, 0.1) is 0 Å². The highest BCUT2D eigenvalue weighted by molar-refractivity contribution is 6.33. The molecular formula is C18H19ClN2. The van der Waals surface area contributed by atoms with E-state index in [1.165, 1.54) is 22.4 Å². The summed E-state index contributed by atoms with van der Waals surface area (Å²) in [5, 5.41) is 4.46. The van der Waals surface area contributed by atoms with E-state index in [1.54, 1.807) is 0 Å². The molecule has 0 fully saturated rings. The van der Waals surface area contributed by atoms with Gasteiger partial charge in [0.05, 0.1) is 10.7 Å². The van der Waals surface area contributed by atoms with E-state index >= 15 is 0 Å². The van der Waals surface area contributed by atoms with Crippen LogP contribution in [0.1, 0.15) is 22.6 Å². The third kappa shape index (κ3) is 2.33. The van der Waals surface area contributed by atoms with E-state index in [9.17, 15) is 0 Å². The Morgan fingerprint density at radius 3 is 2.86 bits per heavy atom. The molecule has 0 radical (unpaired) electrons. The summed E-state index contributed by atoms with van der Waals surface area (Å²) in [6.07, 6.45) is 1.11. The molecule has 0 saturated carbocycles. The molecule has 4 rings (SSSR count). The van der Waals surface area contributed by atoms with Gasteiger partial charge in [-0.05, 0) is 35.7 Å². The third-order valence-corrected chi connectivity index (χ3v) is 4.91. The van der Waals surface area contributed by atoms with Gasteiger partial charge < -0.3 is 10.2 Å². The summed E-state index contributed by atoms with van der Waals surface area (Å²) in [6.45, 7) is 4.14. The first-order chi connectivity index (χ1) is 10.3. The molecule has 2 nitrogen and oxygen atoms in total. The second-order valence-electron chi connectivity index (χ2n) is 5.99. The Kier molecular flexibility index (Phi) is 3.36. The van der Waals surface area contributed by atoms with Crippen molar-refractivity contribution in [3.8, 4) is 0 Å². The summed E-state index contributed by atoms with van der Waals surface area (Å²) in [7, 11) is 0. The summed E-state index contributed by atoms with van der Waals surface area (Å²) in [5.41, 5.74) is 5.57. The summed E-state index contributed by atoms with van der Waals surface area (Å²) >= 11 is 6.54. The molecule has 0 spiro atoms. The van der Waals surface area contributed by atoms with Gasteiger partial charge in [0.25, 0.3) is 0 Å². The fourth-order valence-electron chi connectivity index (χ4n) is 3.68. The van der Waals surface area contributed by atoms with E-state index < -0.39 is 0 Å². The molecule has 0 saturated heterocycles. The van der Waals surface area contributed by atoms with Crippen molar-refractivity contribution in [1.29, 1.82) is 0 Å². The zero-order valence-corrected chi connectivity index (χ0v) is 12.7. The molecule has 0 bridgehead atoms. The number of hydrogen-bond donors (Lipinski definition) is 1. The summed E-state index contributed by atoms with van der Waals surface area (Å²) in [6, 6.07) is 14.9. The van der Waals surface area contributed by atoms with Crippen molar-refractivity contribution in [3.63, 3.8) is 0 Å². The standard InChI is InChI=1S/C18H19ClN2/c19-16-7-6-14-8-9-20-10-15-12-21(18(16)17(14)15)11-13-4-2-1-3-5-13/h1-7,15,20H,8-12H2/t15-/m0/s1. The summed E-state index contributed by atoms with van der Waals surface area (Å²) < 4.78 is 0. The Bertz CT molecular complexity index is 654. The molecule has 2 heterocycles. The van der Waals surface area contributed by atoms with Crippen LogP contribution < -0.4 is 10.2 Å². The van der Waals surface area contributed by atoms with Crippen LogP contribution in [0.2, 0.25) is 5.02 Å². The first kappa shape index (κ1) is 13.2. The second-order valence-corrected chi connectivity index (χ2v) is 6.39. The SMILES string of the molecule is Clc1ccc2c3c1N(Cc1ccccc1)C[C@@H]3CNCC2. The second kappa shape index (κ2) is 5.36. The predicted octanol–water partition coefficient (Wildman–Crippen LogP) is 3.59. The molecule has 3 heteroatoms. The van der Waals surface area contributed by atoms with Gasteiger partial charge in [-0.15, -0.1) is 0 Å². The van der Waals surface area contributed by atoms with Crippen molar-refractivity contribution >= 4 is 17.3 Å². The first-order valence-corrected chi connectivity index (χ1v) is 8.01. The Labute approximate surface area is 130 Å². The van der Waals surface area contributed by atoms with E-state index in [0.29, 0.717) is 5.92 Å². The lowest BCUT2D eigenvalue weighted by Crippen LogP contribution is -2.27. The van der Waals surface area contributed by atoms with Gasteiger partial charge in [0.1, 0.15) is 0 Å². The Balaban J connectivity index is 1.74. The predicted molar refractivity (Wildman–Crippen MR) is 88.3 cm³/mol. The van der Waals surface area contributed by atoms with Gasteiger partial charge in [0.15, 0.2) is 0 Å². The fourth-order valence-corrected chi connectivity index (χ4v) is 3.96. The van der Waals surface area contributed by atoms with Gasteiger partial charge in [-0.3, -0.25) is 0 Å². The van der Waals surface area contributed by atoms with Gasteiger partial charge in [0.2, 0.25) is 0 Å². The Hall–Kier alpha value is -1.51. The highest BCUT2D eigenvalue weighted by atomic mass is 35.5. The maximum atomic E-state index is 6.54. The highest BCUT2D eigenvalue weighted by Crippen LogP contribution is 2.44. The molecule has 2 aliphatic heterocycles. The van der Waals surface area contributed by atoms with Crippen LogP contribution in [0.5, 0.6) is 0 Å². The Morgan fingerprint density at radius 2 is 2.00 bits per heavy atom. The van der Waals surface area contributed by atoms with Crippen LogP contribution in [0.15, 0.2) is 42.5 Å². The topological polar surface area (TPSA) is 15.3 Å². The molecule has 1 N–H and O–H groups in total. The van der Waals surface area contributed by atoms with Crippen molar-refractivity contribution in [3.05, 3.63) is 64.2 Å². The van der Waals surface area contributed by atoms with Gasteiger partial charge in [-0.2, -0.15) is 0 Å². The van der Waals surface area contributed by atoms with Gasteiger partial charge in [-0.1, -0.05) is 48.0 Å². The number of halogens is 1. The average molecular weight is 299 g/mol. The normalized spacial score (nSPS) is 20.2. The number of nitrogens with zero attached hydrogens (tertiary/aromatic N) is 1. The van der Waals surface area contributed by atoms with Crippen LogP contribution in [-0.2, 0) is 13.0 Å². The van der Waals surface area contributed by atoms with E-state index in [4.69, 9.17) is 11.6 Å². The largest absolute Gasteiger partial charge is 0.365 e. The number of anilines is 1. The minimum atomic E-state index is 0.569. The van der Waals surface area contributed by atoms with Crippen molar-refractivity contribution in [2.45, 2.75) is 18.9 Å². The molecule has 0 unspecified atom stereocenters. The molecule has 108 valence electrons. The van der Waals surface area contributed by atoms with Gasteiger partial charge in [0, 0.05) is 25.6 Å². The molecule has 0 aromatic heterocycles. The number of rotatable bonds is 2. The van der Waals surface area contributed by atoms with Gasteiger partial charge in [-0.25, -0.2) is 0 Å². The minimum Gasteiger partial charge on any atom is -0.365 e. The van der Waals surface area contributed by atoms with E-state index in [1.807, 2.05) is 0 Å². The minimum absolute atomic E-state index is 0.569. The maximum Gasteiger partial charge on any atom is 0.0642 e. The first-order valence-electron chi connectivity index (χ1n) is 7.64. The van der Waals surface area contributed by atoms with E-state index in [2.05, 4.69) is 52.7 Å². The van der Waals surface area contributed by atoms with Gasteiger partial charge >= 0.3 is 0 Å². The van der Waals surface area contributed by atoms with Crippen molar-refractivity contribution in [2.24, 2.45) is 0 Å². The maximum absolute atomic E-state index is 6.54. The van der Waals surface area contributed by atoms with Crippen LogP contribution in [0.3, 0.4) is 0 Å².